The van der Waals surface area contributed by atoms with Crippen LogP contribution >= 0.6 is 0 Å². The van der Waals surface area contributed by atoms with Crippen LogP contribution in [-0.4, -0.2) is 25.3 Å². The molecule has 0 saturated carbocycles. The van der Waals surface area contributed by atoms with Gasteiger partial charge in [0.15, 0.2) is 11.2 Å². The molecule has 0 bridgehead atoms. The van der Waals surface area contributed by atoms with Crippen molar-refractivity contribution in [3.63, 3.8) is 0 Å². The highest BCUT2D eigenvalue weighted by Gasteiger charge is 2.18. The zero-order chi connectivity index (χ0) is 21.0. The second-order valence-corrected chi connectivity index (χ2v) is 6.93. The predicted octanol–water partition coefficient (Wildman–Crippen LogP) is 3.29. The first-order chi connectivity index (χ1) is 14.0. The molecule has 7 nitrogen and oxygen atoms in total. The van der Waals surface area contributed by atoms with E-state index in [-0.39, 0.29) is 11.2 Å². The Morgan fingerprint density at radius 2 is 1.62 bits per heavy atom. The van der Waals surface area contributed by atoms with E-state index in [1.807, 2.05) is 64.2 Å². The molecule has 0 unspecified atom stereocenters. The second-order valence-electron chi connectivity index (χ2n) is 6.93. The van der Waals surface area contributed by atoms with E-state index in [1.165, 1.54) is 4.57 Å². The van der Waals surface area contributed by atoms with Gasteiger partial charge in [-0.05, 0) is 43.5 Å². The molecule has 0 fully saturated rings. The quantitative estimate of drug-likeness (QED) is 0.586. The molecule has 0 N–H and O–H groups in total. The van der Waals surface area contributed by atoms with Crippen LogP contribution in [0.2, 0.25) is 0 Å². The Morgan fingerprint density at radius 1 is 0.966 bits per heavy atom. The monoisotopic (exact) mass is 396 g/mol. The van der Waals surface area contributed by atoms with Crippen molar-refractivity contribution in [1.29, 1.82) is 0 Å². The van der Waals surface area contributed by atoms with Crippen LogP contribution in [0.4, 0.5) is 0 Å². The Morgan fingerprint density at radius 3 is 2.24 bits per heavy atom. The van der Waals surface area contributed by atoms with Crippen LogP contribution in [0.1, 0.15) is 45.0 Å². The van der Waals surface area contributed by atoms with Crippen molar-refractivity contribution in [3.8, 4) is 5.75 Å². The summed E-state index contributed by atoms with van der Waals surface area (Å²) in [5.74, 6) is 1.46. The number of nitrogens with zero attached hydrogens (tertiary/aromatic N) is 4. The van der Waals surface area contributed by atoms with Gasteiger partial charge in [-0.3, -0.25) is 13.9 Å². The molecule has 0 amide bonds. The highest BCUT2D eigenvalue weighted by Crippen LogP contribution is 2.16. The minimum absolute atomic E-state index is 0.282. The van der Waals surface area contributed by atoms with Crippen molar-refractivity contribution >= 4 is 23.3 Å². The fourth-order valence-electron chi connectivity index (χ4n) is 3.39. The first-order valence-electron chi connectivity index (χ1n) is 10.1. The lowest BCUT2D eigenvalue weighted by atomic mass is 10.2. The zero-order valence-electron chi connectivity index (χ0n) is 17.5. The number of benzene rings is 1. The number of aromatic nitrogens is 4. The molecule has 0 aliphatic rings. The summed E-state index contributed by atoms with van der Waals surface area (Å²) in [5.41, 5.74) is 1.33. The summed E-state index contributed by atoms with van der Waals surface area (Å²) >= 11 is 0. The summed E-state index contributed by atoms with van der Waals surface area (Å²) in [6.07, 6.45) is 5.30. The lowest BCUT2D eigenvalue weighted by Gasteiger charge is -2.10. The summed E-state index contributed by atoms with van der Waals surface area (Å²) in [6, 6.07) is 7.76. The van der Waals surface area contributed by atoms with Crippen molar-refractivity contribution in [2.45, 2.75) is 46.7 Å². The lowest BCUT2D eigenvalue weighted by molar-refractivity contribution is 0.340. The van der Waals surface area contributed by atoms with Gasteiger partial charge in [-0.25, -0.2) is 9.78 Å². The maximum absolute atomic E-state index is 13.0. The Kier molecular flexibility index (Phi) is 6.36. The minimum Gasteiger partial charge on any atom is -0.494 e. The third kappa shape index (κ3) is 4.04. The van der Waals surface area contributed by atoms with Crippen LogP contribution in [0.25, 0.3) is 23.3 Å². The number of aryl methyl sites for hydroxylation is 2. The molecule has 29 heavy (non-hydrogen) atoms. The summed E-state index contributed by atoms with van der Waals surface area (Å²) in [6.45, 7) is 7.46. The summed E-state index contributed by atoms with van der Waals surface area (Å²) in [4.78, 5) is 30.4. The molecule has 0 aliphatic carbocycles. The Labute approximate surface area is 169 Å². The molecular weight excluding hydrogens is 368 g/mol. The second kappa shape index (κ2) is 8.94. The minimum atomic E-state index is -0.286. The van der Waals surface area contributed by atoms with E-state index in [2.05, 4.69) is 4.98 Å². The topological polar surface area (TPSA) is 71.1 Å². The highest BCUT2D eigenvalue weighted by molar-refractivity contribution is 5.76. The van der Waals surface area contributed by atoms with Gasteiger partial charge in [0.2, 0.25) is 0 Å². The molecule has 0 aliphatic heterocycles. The number of rotatable bonds is 8. The van der Waals surface area contributed by atoms with Gasteiger partial charge in [0.25, 0.3) is 5.56 Å². The van der Waals surface area contributed by atoms with E-state index >= 15 is 0 Å². The predicted molar refractivity (Wildman–Crippen MR) is 116 cm³/mol. The lowest BCUT2D eigenvalue weighted by Crippen LogP contribution is -2.40. The average Bonchev–Trinajstić information content (AvgIpc) is 3.04. The molecule has 3 aromatic rings. The molecule has 0 spiro atoms. The molecular formula is C22H28N4O3. The van der Waals surface area contributed by atoms with Crippen molar-refractivity contribution < 1.29 is 4.74 Å². The SMILES string of the molecule is CCCn1c(=O)c2c(nc(C=Cc3ccc(OCC)cc3)n2C)n(CCC)c1=O. The summed E-state index contributed by atoms with van der Waals surface area (Å²) in [5, 5.41) is 0. The summed E-state index contributed by atoms with van der Waals surface area (Å²) < 4.78 is 10.2. The van der Waals surface area contributed by atoms with Gasteiger partial charge in [0.1, 0.15) is 11.6 Å². The van der Waals surface area contributed by atoms with Crippen LogP contribution in [0.3, 0.4) is 0 Å². The molecule has 2 aromatic heterocycles. The maximum atomic E-state index is 13.0. The molecule has 1 aromatic carbocycles. The average molecular weight is 396 g/mol. The van der Waals surface area contributed by atoms with E-state index in [9.17, 15) is 9.59 Å². The van der Waals surface area contributed by atoms with E-state index in [4.69, 9.17) is 4.74 Å². The molecule has 0 radical (unpaired) electrons. The molecule has 154 valence electrons. The number of hydrogen-bond donors (Lipinski definition) is 0. The van der Waals surface area contributed by atoms with Gasteiger partial charge < -0.3 is 9.30 Å². The molecule has 7 heteroatoms. The first-order valence-corrected chi connectivity index (χ1v) is 10.1. The van der Waals surface area contributed by atoms with Crippen LogP contribution in [-0.2, 0) is 20.1 Å². The van der Waals surface area contributed by atoms with Gasteiger partial charge in [-0.15, -0.1) is 0 Å². The smallest absolute Gasteiger partial charge is 0.332 e. The van der Waals surface area contributed by atoms with Gasteiger partial charge in [0.05, 0.1) is 6.61 Å². The Bertz CT molecular complexity index is 1130. The van der Waals surface area contributed by atoms with E-state index < -0.39 is 0 Å². The van der Waals surface area contributed by atoms with Gasteiger partial charge in [0, 0.05) is 20.1 Å². The van der Waals surface area contributed by atoms with Crippen molar-refractivity contribution in [3.05, 3.63) is 56.5 Å². The number of hydrogen-bond acceptors (Lipinski definition) is 4. The third-order valence-corrected chi connectivity index (χ3v) is 4.79. The fraction of sp³-hybridized carbons (Fsp3) is 0.409. The zero-order valence-corrected chi connectivity index (χ0v) is 17.5. The Balaban J connectivity index is 2.09. The van der Waals surface area contributed by atoms with Gasteiger partial charge in [-0.1, -0.05) is 32.1 Å². The van der Waals surface area contributed by atoms with Crippen LogP contribution in [0.5, 0.6) is 5.75 Å². The van der Waals surface area contributed by atoms with Crippen molar-refractivity contribution in [2.24, 2.45) is 7.05 Å². The third-order valence-electron chi connectivity index (χ3n) is 4.79. The molecule has 3 rings (SSSR count). The van der Waals surface area contributed by atoms with Crippen LogP contribution < -0.4 is 16.0 Å². The molecule has 0 saturated heterocycles. The first kappa shape index (κ1) is 20.6. The van der Waals surface area contributed by atoms with Crippen molar-refractivity contribution in [1.82, 2.24) is 18.7 Å². The van der Waals surface area contributed by atoms with Crippen molar-refractivity contribution in [2.75, 3.05) is 6.61 Å². The van der Waals surface area contributed by atoms with E-state index in [0.717, 1.165) is 24.2 Å². The van der Waals surface area contributed by atoms with Gasteiger partial charge in [-0.2, -0.15) is 0 Å². The van der Waals surface area contributed by atoms with Gasteiger partial charge >= 0.3 is 5.69 Å². The standard InChI is InChI=1S/C22H28N4O3/c1-5-14-25-20-19(21(27)26(15-6-2)22(25)28)24(4)18(23-20)13-10-16-8-11-17(12-9-16)29-7-3/h8-13H,5-7,14-15H2,1-4H3. The number of fused-ring (bicyclic) bond motifs is 1. The van der Waals surface area contributed by atoms with Crippen LogP contribution in [0.15, 0.2) is 33.9 Å². The van der Waals surface area contributed by atoms with E-state index in [1.54, 1.807) is 9.13 Å². The van der Waals surface area contributed by atoms with Crippen LogP contribution in [0, 0.1) is 0 Å². The summed E-state index contributed by atoms with van der Waals surface area (Å²) in [7, 11) is 1.81. The Hall–Kier alpha value is -3.09. The number of imidazole rings is 1. The molecule has 2 heterocycles. The fourth-order valence-corrected chi connectivity index (χ4v) is 3.39. The largest absolute Gasteiger partial charge is 0.494 e. The normalized spacial score (nSPS) is 11.6. The highest BCUT2D eigenvalue weighted by atomic mass is 16.5. The number of ether oxygens (including phenoxy) is 1. The maximum Gasteiger partial charge on any atom is 0.332 e. The van der Waals surface area contributed by atoms with E-state index in [0.29, 0.717) is 36.7 Å². The molecule has 0 atom stereocenters.